The van der Waals surface area contributed by atoms with Crippen LogP contribution < -0.4 is 62.6 Å². The van der Waals surface area contributed by atoms with E-state index in [0.717, 1.165) is 108 Å². The summed E-state index contributed by atoms with van der Waals surface area (Å²) in [4.78, 5) is 175. The quantitative estimate of drug-likeness (QED) is 0.0232. The van der Waals surface area contributed by atoms with Gasteiger partial charge in [0, 0.05) is 25.7 Å². The molecule has 2 saturated carbocycles. The van der Waals surface area contributed by atoms with Crippen molar-refractivity contribution in [2.75, 3.05) is 26.3 Å². The molecule has 10 amide bonds. The van der Waals surface area contributed by atoms with E-state index in [-0.39, 0.29) is 55.8 Å². The van der Waals surface area contributed by atoms with Gasteiger partial charge < -0.3 is 77.2 Å². The van der Waals surface area contributed by atoms with Crippen molar-refractivity contribution in [1.82, 2.24) is 53.2 Å². The molecule has 11 N–H and O–H groups in total. The zero-order valence-corrected chi connectivity index (χ0v) is 68.8. The maximum atomic E-state index is 14.2. The van der Waals surface area contributed by atoms with Crippen LogP contribution in [0.25, 0.3) is 0 Å². The number of nitrogens with one attached hydrogen (secondary N) is 10. The third-order valence-electron chi connectivity index (χ3n) is 20.5. The summed E-state index contributed by atoms with van der Waals surface area (Å²) in [5.74, 6) is -7.43. The molecule has 116 heavy (non-hydrogen) atoms. The molecule has 28 nitrogen and oxygen atoms in total. The molecule has 3 unspecified atom stereocenters. The van der Waals surface area contributed by atoms with Crippen molar-refractivity contribution in [3.63, 3.8) is 0 Å². The molecule has 2 fully saturated rings. The van der Waals surface area contributed by atoms with Gasteiger partial charge in [-0.2, -0.15) is 0 Å². The molecule has 0 saturated heterocycles. The van der Waals surface area contributed by atoms with Crippen molar-refractivity contribution in [3.05, 3.63) is 131 Å². The molecule has 28 heteroatoms. The number of esters is 2. The molecular weight excluding hydrogens is 1490 g/mol. The van der Waals surface area contributed by atoms with E-state index in [2.05, 4.69) is 53.2 Å². The number of ether oxygens (including phenoxy) is 4. The number of rotatable bonds is 24. The first-order valence-electron chi connectivity index (χ1n) is 41.6. The lowest BCUT2D eigenvalue weighted by Crippen LogP contribution is -2.59. The zero-order valence-electron chi connectivity index (χ0n) is 68.8. The van der Waals surface area contributed by atoms with Gasteiger partial charge in [-0.25, -0.2) is 9.59 Å². The number of fused-ring (bicyclic) bond motifs is 4. The summed E-state index contributed by atoms with van der Waals surface area (Å²) in [5, 5.41) is 38.4. The van der Waals surface area contributed by atoms with Crippen LogP contribution in [0.15, 0.2) is 109 Å². The summed E-state index contributed by atoms with van der Waals surface area (Å²) in [6.07, 6.45) is 15.6. The van der Waals surface area contributed by atoms with E-state index in [4.69, 9.17) is 18.9 Å². The minimum atomic E-state index is -1.76. The molecule has 4 aromatic carbocycles. The summed E-state index contributed by atoms with van der Waals surface area (Å²) in [6, 6.07) is 23.0. The molecule has 2 aliphatic heterocycles. The van der Waals surface area contributed by atoms with Gasteiger partial charge in [0.25, 0.3) is 11.8 Å². The monoisotopic (exact) mass is 1610 g/mol. The van der Waals surface area contributed by atoms with E-state index in [0.29, 0.717) is 73.5 Å². The van der Waals surface area contributed by atoms with Gasteiger partial charge in [0.2, 0.25) is 53.0 Å². The van der Waals surface area contributed by atoms with Crippen LogP contribution in [0.5, 0.6) is 11.5 Å². The third kappa shape index (κ3) is 32.4. The highest BCUT2D eigenvalue weighted by Crippen LogP contribution is 2.30. The summed E-state index contributed by atoms with van der Waals surface area (Å²) < 4.78 is 23.0. The Balaban J connectivity index is 0.000000321. The fraction of sp³-hybridized carbons (Fsp3) is 0.580. The van der Waals surface area contributed by atoms with Crippen LogP contribution in [0.4, 0.5) is 0 Å². The van der Waals surface area contributed by atoms with Crippen LogP contribution >= 0.6 is 0 Å². The second kappa shape index (κ2) is 47.7. The van der Waals surface area contributed by atoms with Gasteiger partial charge in [0.05, 0.1) is 38.4 Å². The average molecular weight is 1610 g/mol. The Morgan fingerprint density at radius 2 is 0.879 bits per heavy atom. The topological polar surface area (TPSA) is 399 Å². The number of Topliss-reactive ketones (excluding diaryl/α,β-unsaturated/α-hetero) is 1. The highest BCUT2D eigenvalue weighted by molar-refractivity contribution is 6.38. The van der Waals surface area contributed by atoms with Gasteiger partial charge in [0.15, 0.2) is 18.2 Å². The van der Waals surface area contributed by atoms with E-state index in [1.165, 1.54) is 0 Å². The normalized spacial score (nSPS) is 20.0. The summed E-state index contributed by atoms with van der Waals surface area (Å²) in [5.41, 5.74) is 0.730. The number of carbonyl (C=O) groups excluding carboxylic acids is 13. The van der Waals surface area contributed by atoms with E-state index in [9.17, 15) is 67.4 Å². The predicted octanol–water partition coefficient (Wildman–Crippen LogP) is 8.37. The summed E-state index contributed by atoms with van der Waals surface area (Å²) in [6.45, 7) is 13.6. The molecule has 4 aromatic rings. The standard InChI is InChI=1S/C44H63N5O9.C44H61N5O9/c2*1-5-17-33(39(52)42(55)45-28-36(51)49-38(31-21-12-9-13-22-31)43(56)58-44(2,3)4)46-40(53)34-27-29-18-16-23-32(26-29)57-25-15-7-6-14-24-35(50)48-37(41(54)47-34)30-19-10-8-11-20-30/h9,12-13,16,18,21-23,26,30,33-34,37-39,52H,5-8,10-11,14-15,17,19-20,24-25,27-28H2,1-4H3,(H,45,55)(H,46,53)(H,47,54)(H,48,50)(H,49,51);9,12-13,16,18,21-23,26,30,33-34,37-38H,5-8,10-11,14-15,17,19-20,24-25,27-28H2,1-4H3,(H,45,55)(H,46,53)(H,47,54)(H,48,50)(H,49,51)/t33?,34-,37-,38-,39?;33?,34-,37-,38-/m00/s1. The molecular formula is C88H124N10O18. The minimum absolute atomic E-state index is 0.0414. The Labute approximate surface area is 682 Å². The lowest BCUT2D eigenvalue weighted by Gasteiger charge is -2.32. The van der Waals surface area contributed by atoms with Crippen molar-refractivity contribution in [1.29, 1.82) is 0 Å². The molecule has 9 atom stereocenters. The Morgan fingerprint density at radius 3 is 1.30 bits per heavy atom. The fourth-order valence-corrected chi connectivity index (χ4v) is 14.6. The largest absolute Gasteiger partial charge is 0.494 e. The number of hydrogen-bond acceptors (Lipinski definition) is 18. The maximum absolute atomic E-state index is 14.2. The molecule has 4 bridgehead atoms. The van der Waals surface area contributed by atoms with Crippen molar-refractivity contribution in [2.45, 2.75) is 288 Å². The minimum Gasteiger partial charge on any atom is -0.494 e. The highest BCUT2D eigenvalue weighted by atomic mass is 16.6. The van der Waals surface area contributed by atoms with Crippen molar-refractivity contribution < 1.29 is 86.4 Å². The number of aliphatic hydroxyl groups excluding tert-OH is 1. The Hall–Kier alpha value is -10.3. The fourth-order valence-electron chi connectivity index (χ4n) is 14.6. The SMILES string of the molecule is CCCC(NC(=O)[C@@H]1Cc2cccc(c2)OCCCCCCC(=O)N[C@@H](C2CCCCC2)C(=O)N1)C(=O)C(=O)NCC(=O)N[C@H](C(=O)OC(C)(C)C)c1ccccc1.CCCC(NC(=O)[C@@H]1Cc2cccc(c2)OCCCCCCC(=O)N[C@@H](C2CCCCC2)C(=O)N1)C(O)C(=O)NCC(=O)N[C@H](C(=O)OC(C)(C)C)c1ccccc1. The van der Waals surface area contributed by atoms with Gasteiger partial charge >= 0.3 is 11.9 Å². The van der Waals surface area contributed by atoms with Gasteiger partial charge in [0.1, 0.15) is 46.9 Å². The molecule has 2 aliphatic carbocycles. The lowest BCUT2D eigenvalue weighted by atomic mass is 9.83. The van der Waals surface area contributed by atoms with Crippen LogP contribution in [-0.4, -0.2) is 162 Å². The van der Waals surface area contributed by atoms with E-state index < -0.39 is 144 Å². The van der Waals surface area contributed by atoms with Crippen LogP contribution in [0, 0.1) is 11.8 Å². The second-order valence-corrected chi connectivity index (χ2v) is 32.6. The molecule has 0 aromatic heterocycles. The van der Waals surface area contributed by atoms with E-state index in [1.807, 2.05) is 49.4 Å². The first-order valence-corrected chi connectivity index (χ1v) is 41.6. The number of benzene rings is 4. The van der Waals surface area contributed by atoms with Gasteiger partial charge in [-0.3, -0.25) is 52.7 Å². The molecule has 0 radical (unpaired) electrons. The van der Waals surface area contributed by atoms with Crippen LogP contribution in [0.2, 0.25) is 0 Å². The summed E-state index contributed by atoms with van der Waals surface area (Å²) in [7, 11) is 0. The molecule has 4 aliphatic rings. The van der Waals surface area contributed by atoms with Crippen LogP contribution in [0.1, 0.15) is 244 Å². The Kier molecular flexibility index (Phi) is 38.2. The zero-order chi connectivity index (χ0) is 84.2. The van der Waals surface area contributed by atoms with Gasteiger partial charge in [-0.15, -0.1) is 0 Å². The number of amides is 10. The average Bonchev–Trinajstić information content (AvgIpc) is 0.926. The van der Waals surface area contributed by atoms with E-state index in [1.54, 1.807) is 115 Å². The number of ketones is 1. The Morgan fingerprint density at radius 1 is 0.474 bits per heavy atom. The predicted molar refractivity (Wildman–Crippen MR) is 435 cm³/mol. The smallest absolute Gasteiger partial charge is 0.333 e. The van der Waals surface area contributed by atoms with Crippen molar-refractivity contribution in [3.8, 4) is 11.5 Å². The molecule has 0 spiro atoms. The van der Waals surface area contributed by atoms with Gasteiger partial charge in [-0.1, -0.05) is 176 Å². The van der Waals surface area contributed by atoms with Crippen molar-refractivity contribution >= 4 is 76.8 Å². The van der Waals surface area contributed by atoms with E-state index >= 15 is 0 Å². The third-order valence-corrected chi connectivity index (χ3v) is 20.5. The molecule has 634 valence electrons. The Bertz CT molecular complexity index is 3890. The number of aliphatic hydroxyl groups is 1. The number of hydrogen-bond donors (Lipinski definition) is 11. The first-order chi connectivity index (χ1) is 55.5. The number of carbonyl (C=O) groups is 13. The lowest BCUT2D eigenvalue weighted by molar-refractivity contribution is -0.159. The highest BCUT2D eigenvalue weighted by Gasteiger charge is 2.39. The van der Waals surface area contributed by atoms with Crippen LogP contribution in [-0.2, 0) is 84.6 Å². The molecule has 2 heterocycles. The van der Waals surface area contributed by atoms with Crippen molar-refractivity contribution in [2.24, 2.45) is 11.8 Å². The molecule has 8 rings (SSSR count). The maximum Gasteiger partial charge on any atom is 0.333 e. The van der Waals surface area contributed by atoms with Crippen LogP contribution in [0.3, 0.4) is 0 Å². The summed E-state index contributed by atoms with van der Waals surface area (Å²) >= 11 is 0. The van der Waals surface area contributed by atoms with Gasteiger partial charge in [-0.05, 0) is 164 Å². The first kappa shape index (κ1) is 92.9. The second-order valence-electron chi connectivity index (χ2n) is 32.6.